The van der Waals surface area contributed by atoms with Gasteiger partial charge in [-0.05, 0) is 24.3 Å². The summed E-state index contributed by atoms with van der Waals surface area (Å²) in [6.45, 7) is 3.66. The molecule has 3 N–H and O–H groups in total. The van der Waals surface area contributed by atoms with Crippen LogP contribution in [0.4, 0.5) is 5.95 Å². The average molecular weight is 314 g/mol. The van der Waals surface area contributed by atoms with Crippen molar-refractivity contribution in [1.82, 2.24) is 14.8 Å². The van der Waals surface area contributed by atoms with Crippen molar-refractivity contribution < 1.29 is 9.84 Å². The molecule has 0 amide bonds. The summed E-state index contributed by atoms with van der Waals surface area (Å²) >= 11 is 0. The van der Waals surface area contributed by atoms with Crippen LogP contribution in [0.2, 0.25) is 0 Å². The lowest BCUT2D eigenvalue weighted by molar-refractivity contribution is 0.307. The van der Waals surface area contributed by atoms with Crippen LogP contribution in [0.15, 0.2) is 67.0 Å². The maximum Gasteiger partial charge on any atom is 0.240 e. The van der Waals surface area contributed by atoms with E-state index >= 15 is 0 Å². The van der Waals surface area contributed by atoms with Crippen LogP contribution in [0.25, 0.3) is 5.69 Å². The molecule has 6 nitrogen and oxygen atoms in total. The molecule has 6 heteroatoms. The number of aliphatic hydroxyl groups excluding tert-OH is 1. The van der Waals surface area contributed by atoms with Gasteiger partial charge >= 0.3 is 0 Å². The summed E-state index contributed by atoms with van der Waals surface area (Å²) in [7, 11) is 2.61. The largest absolute Gasteiger partial charge is 0.497 e. The van der Waals surface area contributed by atoms with Gasteiger partial charge in [0.05, 0.1) is 12.8 Å². The molecule has 0 unspecified atom stereocenters. The Hall–Kier alpha value is -2.86. The fraction of sp³-hybridized carbons (Fsp3) is 0.176. The van der Waals surface area contributed by atoms with Crippen molar-refractivity contribution in [1.29, 1.82) is 0 Å². The second kappa shape index (κ2) is 9.97. The molecule has 2 rings (SSSR count). The van der Waals surface area contributed by atoms with E-state index in [0.717, 1.165) is 18.6 Å². The second-order valence-corrected chi connectivity index (χ2v) is 4.24. The summed E-state index contributed by atoms with van der Waals surface area (Å²) in [4.78, 5) is 4.25. The number of nitrogens with two attached hydrogens (primary N) is 1. The van der Waals surface area contributed by atoms with Crippen molar-refractivity contribution in [2.75, 3.05) is 20.0 Å². The predicted octanol–water partition coefficient (Wildman–Crippen LogP) is 2.27. The molecule has 0 radical (unpaired) electrons. The van der Waals surface area contributed by atoms with Gasteiger partial charge in [0.1, 0.15) is 11.6 Å². The fourth-order valence-corrected chi connectivity index (χ4v) is 1.83. The number of hydrogen-bond donors (Lipinski definition) is 2. The van der Waals surface area contributed by atoms with Gasteiger partial charge in [-0.15, -0.1) is 5.10 Å². The highest BCUT2D eigenvalue weighted by molar-refractivity contribution is 5.33. The first kappa shape index (κ1) is 18.2. The Balaban J connectivity index is 0.00000127. The number of para-hydroxylation sites is 1. The topological polar surface area (TPSA) is 86.2 Å². The molecule has 0 saturated heterocycles. The number of anilines is 1. The summed E-state index contributed by atoms with van der Waals surface area (Å²) in [5.74, 6) is 1.75. The predicted molar refractivity (Wildman–Crippen MR) is 92.0 cm³/mol. The Morgan fingerprint density at radius 2 is 2.04 bits per heavy atom. The number of nitrogens with zero attached hydrogens (tertiary/aromatic N) is 3. The Labute approximate surface area is 136 Å². The number of hydrogen-bond acceptors (Lipinski definition) is 5. The molecule has 0 aliphatic heterocycles. The fourth-order valence-electron chi connectivity index (χ4n) is 1.83. The normalized spacial score (nSPS) is 11.0. The molecule has 0 spiro atoms. The molecule has 0 atom stereocenters. The second-order valence-electron chi connectivity index (χ2n) is 4.24. The third kappa shape index (κ3) is 5.44. The van der Waals surface area contributed by atoms with Crippen molar-refractivity contribution in [2.24, 2.45) is 0 Å². The Morgan fingerprint density at radius 1 is 1.35 bits per heavy atom. The van der Waals surface area contributed by atoms with Crippen LogP contribution >= 0.6 is 0 Å². The molecular formula is C17H22N4O2. The number of methoxy groups -OCH3 is 1. The average Bonchev–Trinajstić information content (AvgIpc) is 2.98. The summed E-state index contributed by atoms with van der Waals surface area (Å²) in [5.41, 5.74) is 6.63. The van der Waals surface area contributed by atoms with Crippen LogP contribution in [-0.2, 0) is 11.2 Å². The molecule has 0 saturated carbocycles. The van der Waals surface area contributed by atoms with Crippen molar-refractivity contribution in [3.05, 3.63) is 72.8 Å². The molecule has 0 aliphatic carbocycles. The van der Waals surface area contributed by atoms with E-state index in [1.807, 2.05) is 48.6 Å². The van der Waals surface area contributed by atoms with Crippen LogP contribution in [0.3, 0.4) is 0 Å². The van der Waals surface area contributed by atoms with Crippen molar-refractivity contribution in [3.63, 3.8) is 0 Å². The Bertz CT molecular complexity index is 660. The molecule has 0 bridgehead atoms. The molecule has 23 heavy (non-hydrogen) atoms. The van der Waals surface area contributed by atoms with Gasteiger partial charge in [-0.3, -0.25) is 0 Å². The first-order valence-corrected chi connectivity index (χ1v) is 6.99. The van der Waals surface area contributed by atoms with Crippen molar-refractivity contribution in [3.8, 4) is 5.69 Å². The van der Waals surface area contributed by atoms with Gasteiger partial charge in [0, 0.05) is 13.5 Å². The zero-order valence-electron chi connectivity index (χ0n) is 13.4. The van der Waals surface area contributed by atoms with E-state index in [4.69, 9.17) is 15.6 Å². The minimum Gasteiger partial charge on any atom is -0.497 e. The molecule has 122 valence electrons. The maximum atomic E-state index is 7.00. The lowest BCUT2D eigenvalue weighted by Crippen LogP contribution is -2.02. The number of rotatable bonds is 6. The van der Waals surface area contributed by atoms with Crippen LogP contribution < -0.4 is 5.73 Å². The Morgan fingerprint density at radius 3 is 2.65 bits per heavy atom. The first-order chi connectivity index (χ1) is 11.2. The number of nitrogen functional groups attached to an aromatic ring is 1. The molecular weight excluding hydrogens is 292 g/mol. The lowest BCUT2D eigenvalue weighted by atomic mass is 10.3. The molecule has 0 fully saturated rings. The van der Waals surface area contributed by atoms with E-state index in [1.54, 1.807) is 17.9 Å². The number of aliphatic hydroxyl groups is 1. The summed E-state index contributed by atoms with van der Waals surface area (Å²) in [6.07, 6.45) is 7.95. The smallest absolute Gasteiger partial charge is 0.240 e. The number of allylic oxidation sites excluding steroid dienone is 4. The summed E-state index contributed by atoms with van der Waals surface area (Å²) in [6, 6.07) is 9.77. The van der Waals surface area contributed by atoms with E-state index in [0.29, 0.717) is 12.2 Å². The van der Waals surface area contributed by atoms with Gasteiger partial charge < -0.3 is 15.6 Å². The molecule has 2 aromatic rings. The van der Waals surface area contributed by atoms with Crippen LogP contribution in [-0.4, -0.2) is 34.1 Å². The number of aromatic nitrogens is 3. The molecule has 1 heterocycles. The highest BCUT2D eigenvalue weighted by Gasteiger charge is 2.07. The van der Waals surface area contributed by atoms with Crippen molar-refractivity contribution >= 4 is 5.95 Å². The monoisotopic (exact) mass is 314 g/mol. The first-order valence-electron chi connectivity index (χ1n) is 6.99. The van der Waals surface area contributed by atoms with Crippen LogP contribution in [0, 0.1) is 0 Å². The lowest BCUT2D eigenvalue weighted by Gasteiger charge is -2.03. The number of ether oxygens (including phenoxy) is 1. The standard InChI is InChI=1S/C16H18N4O.CH4O/c1-3-14(21-2)11-7-8-12-15-18-16(17)19-20(15)13-9-5-4-6-10-13;1-2/h3-11H,1,12H2,2H3,(H2,17,19);2H,1H3/b8-7+,14-11+;. The Kier molecular flexibility index (Phi) is 7.88. The van der Waals surface area contributed by atoms with E-state index < -0.39 is 0 Å². The van der Waals surface area contributed by atoms with Crippen LogP contribution in [0.5, 0.6) is 0 Å². The van der Waals surface area contributed by atoms with E-state index in [1.165, 1.54) is 0 Å². The highest BCUT2D eigenvalue weighted by Crippen LogP contribution is 2.11. The van der Waals surface area contributed by atoms with E-state index in [-0.39, 0.29) is 5.95 Å². The molecule has 0 aliphatic rings. The SMILES string of the molecule is C=C/C(=C\C=C\Cc1nc(N)nn1-c1ccccc1)OC.CO. The minimum absolute atomic E-state index is 0.265. The molecule has 1 aromatic heterocycles. The number of benzene rings is 1. The highest BCUT2D eigenvalue weighted by atomic mass is 16.5. The molecule has 1 aromatic carbocycles. The van der Waals surface area contributed by atoms with Gasteiger partial charge in [0.25, 0.3) is 0 Å². The van der Waals surface area contributed by atoms with Gasteiger partial charge in [-0.1, -0.05) is 36.9 Å². The van der Waals surface area contributed by atoms with E-state index in [2.05, 4.69) is 16.7 Å². The van der Waals surface area contributed by atoms with E-state index in [9.17, 15) is 0 Å². The summed E-state index contributed by atoms with van der Waals surface area (Å²) in [5, 5.41) is 11.2. The summed E-state index contributed by atoms with van der Waals surface area (Å²) < 4.78 is 6.83. The maximum absolute atomic E-state index is 7.00. The van der Waals surface area contributed by atoms with Gasteiger partial charge in [0.2, 0.25) is 5.95 Å². The van der Waals surface area contributed by atoms with Gasteiger partial charge in [-0.25, -0.2) is 4.68 Å². The van der Waals surface area contributed by atoms with Gasteiger partial charge in [-0.2, -0.15) is 4.98 Å². The zero-order valence-corrected chi connectivity index (χ0v) is 13.4. The van der Waals surface area contributed by atoms with Crippen LogP contribution in [0.1, 0.15) is 5.82 Å². The third-order valence-corrected chi connectivity index (χ3v) is 2.83. The van der Waals surface area contributed by atoms with Crippen molar-refractivity contribution in [2.45, 2.75) is 6.42 Å². The zero-order chi connectivity index (χ0) is 17.1. The minimum atomic E-state index is 0.265. The third-order valence-electron chi connectivity index (χ3n) is 2.83. The quantitative estimate of drug-likeness (QED) is 0.631. The van der Waals surface area contributed by atoms with Gasteiger partial charge in [0.15, 0.2) is 0 Å².